The first kappa shape index (κ1) is 11.5. The molecule has 6 nitrogen and oxygen atoms in total. The van der Waals surface area contributed by atoms with E-state index in [0.29, 0.717) is 19.8 Å². The lowest BCUT2D eigenvalue weighted by molar-refractivity contribution is -0.848. The van der Waals surface area contributed by atoms with E-state index in [2.05, 4.69) is 0 Å². The molecule has 0 bridgehead atoms. The zero-order valence-corrected chi connectivity index (χ0v) is 8.35. The Balaban J connectivity index is 2.19. The average molecular weight is 215 g/mol. The van der Waals surface area contributed by atoms with Crippen molar-refractivity contribution >= 4 is 11.9 Å². The van der Waals surface area contributed by atoms with Gasteiger partial charge in [0, 0.05) is 6.54 Å². The highest BCUT2D eigenvalue weighted by Crippen LogP contribution is 1.93. The van der Waals surface area contributed by atoms with Crippen LogP contribution in [0.2, 0.25) is 0 Å². The smallest absolute Gasteiger partial charge is 0.309 e. The van der Waals surface area contributed by atoms with Crippen LogP contribution in [0.1, 0.15) is 12.8 Å². The summed E-state index contributed by atoms with van der Waals surface area (Å²) in [5.74, 6) is -1.62. The molecule has 84 valence electrons. The Labute approximate surface area is 87.4 Å². The third-order valence-electron chi connectivity index (χ3n) is 2.20. The van der Waals surface area contributed by atoms with E-state index in [4.69, 9.17) is 10.2 Å². The summed E-state index contributed by atoms with van der Waals surface area (Å²) >= 11 is 0. The van der Waals surface area contributed by atoms with Crippen LogP contribution >= 0.6 is 0 Å². The summed E-state index contributed by atoms with van der Waals surface area (Å²) in [5, 5.41) is 17.0. The minimum atomic E-state index is -0.817. The minimum Gasteiger partial charge on any atom is -0.481 e. The molecular formula is C9H15N2O4+. The predicted molar refractivity (Wildman–Crippen MR) is 51.0 cm³/mol. The molecular weight excluding hydrogens is 200 g/mol. The number of aliphatic carboxylic acids is 2. The van der Waals surface area contributed by atoms with Crippen LogP contribution < -0.4 is 4.90 Å². The van der Waals surface area contributed by atoms with Crippen LogP contribution in [0.5, 0.6) is 0 Å². The molecule has 1 rings (SSSR count). The van der Waals surface area contributed by atoms with Crippen LogP contribution in [-0.4, -0.2) is 46.8 Å². The average Bonchev–Trinajstić information content (AvgIpc) is 2.59. The van der Waals surface area contributed by atoms with E-state index in [1.807, 2.05) is 17.3 Å². The van der Waals surface area contributed by atoms with Gasteiger partial charge in [-0.3, -0.25) is 14.5 Å². The Morgan fingerprint density at radius 1 is 1.27 bits per heavy atom. The van der Waals surface area contributed by atoms with E-state index in [1.54, 1.807) is 0 Å². The highest BCUT2D eigenvalue weighted by atomic mass is 16.4. The molecule has 0 aromatic rings. The molecule has 1 heterocycles. The van der Waals surface area contributed by atoms with Crippen LogP contribution in [0, 0.1) is 0 Å². The maximum Gasteiger partial charge on any atom is 0.309 e. The predicted octanol–water partition coefficient (Wildman–Crippen LogP) is -1.43. The van der Waals surface area contributed by atoms with Crippen molar-refractivity contribution < 1.29 is 24.7 Å². The van der Waals surface area contributed by atoms with Gasteiger partial charge in [-0.2, -0.15) is 0 Å². The Morgan fingerprint density at radius 2 is 1.93 bits per heavy atom. The fourth-order valence-electron chi connectivity index (χ4n) is 1.40. The van der Waals surface area contributed by atoms with Crippen LogP contribution in [0.15, 0.2) is 12.4 Å². The zero-order valence-electron chi connectivity index (χ0n) is 8.35. The van der Waals surface area contributed by atoms with Crippen LogP contribution in [0.25, 0.3) is 0 Å². The van der Waals surface area contributed by atoms with Crippen molar-refractivity contribution in [3.8, 4) is 0 Å². The van der Waals surface area contributed by atoms with Gasteiger partial charge in [0.25, 0.3) is 0 Å². The Bertz CT molecular complexity index is 251. The Morgan fingerprint density at radius 3 is 2.53 bits per heavy atom. The first-order chi connectivity index (χ1) is 7.08. The number of quaternary nitrogens is 1. The van der Waals surface area contributed by atoms with Crippen molar-refractivity contribution in [3.05, 3.63) is 12.4 Å². The normalized spacial score (nSPS) is 19.5. The van der Waals surface area contributed by atoms with Gasteiger partial charge in [0.15, 0.2) is 6.67 Å². The van der Waals surface area contributed by atoms with E-state index < -0.39 is 11.9 Å². The number of hydrogen-bond donors (Lipinski definition) is 3. The minimum absolute atomic E-state index is 0.108. The first-order valence-electron chi connectivity index (χ1n) is 4.78. The lowest BCUT2D eigenvalue weighted by atomic mass is 10.4. The SMILES string of the molecule is O=C(O)CCN1C=C[NH+](CCC(=O)O)C1. The van der Waals surface area contributed by atoms with Crippen molar-refractivity contribution in [3.63, 3.8) is 0 Å². The van der Waals surface area contributed by atoms with Gasteiger partial charge in [-0.05, 0) is 0 Å². The van der Waals surface area contributed by atoms with Crippen molar-refractivity contribution in [2.24, 2.45) is 0 Å². The molecule has 0 saturated heterocycles. The fraction of sp³-hybridized carbons (Fsp3) is 0.556. The highest BCUT2D eigenvalue weighted by molar-refractivity contribution is 5.67. The van der Waals surface area contributed by atoms with Crippen molar-refractivity contribution in [1.29, 1.82) is 0 Å². The van der Waals surface area contributed by atoms with Crippen molar-refractivity contribution in [2.75, 3.05) is 19.8 Å². The van der Waals surface area contributed by atoms with Crippen molar-refractivity contribution in [2.45, 2.75) is 12.8 Å². The molecule has 1 atom stereocenters. The number of nitrogens with one attached hydrogen (secondary N) is 1. The molecule has 3 N–H and O–H groups in total. The molecule has 6 heteroatoms. The molecule has 0 aromatic heterocycles. The first-order valence-corrected chi connectivity index (χ1v) is 4.78. The summed E-state index contributed by atoms with van der Waals surface area (Å²) in [4.78, 5) is 23.6. The summed E-state index contributed by atoms with van der Waals surface area (Å²) in [6, 6.07) is 0. The molecule has 0 radical (unpaired) electrons. The number of hydrogen-bond acceptors (Lipinski definition) is 3. The zero-order chi connectivity index (χ0) is 11.3. The molecule has 0 spiro atoms. The van der Waals surface area contributed by atoms with Gasteiger partial charge >= 0.3 is 11.9 Å². The van der Waals surface area contributed by atoms with E-state index in [-0.39, 0.29) is 12.8 Å². The fourth-order valence-corrected chi connectivity index (χ4v) is 1.40. The van der Waals surface area contributed by atoms with E-state index in [1.165, 1.54) is 0 Å². The number of carbonyl (C=O) groups is 2. The van der Waals surface area contributed by atoms with Crippen LogP contribution in [-0.2, 0) is 9.59 Å². The third kappa shape index (κ3) is 4.46. The second kappa shape index (κ2) is 5.35. The van der Waals surface area contributed by atoms with Crippen molar-refractivity contribution in [1.82, 2.24) is 4.90 Å². The van der Waals surface area contributed by atoms with Gasteiger partial charge < -0.3 is 15.1 Å². The molecule has 0 amide bonds. The monoisotopic (exact) mass is 215 g/mol. The summed E-state index contributed by atoms with van der Waals surface area (Å²) in [6.45, 7) is 1.67. The molecule has 1 aliphatic heterocycles. The molecule has 15 heavy (non-hydrogen) atoms. The lowest BCUT2D eigenvalue weighted by Gasteiger charge is -2.15. The second-order valence-corrected chi connectivity index (χ2v) is 3.48. The Hall–Kier alpha value is -1.56. The standard InChI is InChI=1S/C9H14N2O4/c12-8(13)1-3-10-5-6-11(7-10)4-2-9(14)15/h5-6H,1-4,7H2,(H,12,13)(H,14,15)/p+1. The van der Waals surface area contributed by atoms with Crippen LogP contribution in [0.3, 0.4) is 0 Å². The topological polar surface area (TPSA) is 82.3 Å². The second-order valence-electron chi connectivity index (χ2n) is 3.48. The maximum absolute atomic E-state index is 10.3. The van der Waals surface area contributed by atoms with Gasteiger partial charge in [-0.15, -0.1) is 0 Å². The number of carboxylic acids is 2. The van der Waals surface area contributed by atoms with Gasteiger partial charge in [0.2, 0.25) is 0 Å². The largest absolute Gasteiger partial charge is 0.481 e. The van der Waals surface area contributed by atoms with Gasteiger partial charge in [-0.25, -0.2) is 0 Å². The number of nitrogens with zero attached hydrogens (tertiary/aromatic N) is 1. The van der Waals surface area contributed by atoms with E-state index in [9.17, 15) is 9.59 Å². The maximum atomic E-state index is 10.3. The molecule has 0 fully saturated rings. The number of rotatable bonds is 6. The highest BCUT2D eigenvalue weighted by Gasteiger charge is 2.17. The molecule has 0 aromatic carbocycles. The summed E-state index contributed by atoms with van der Waals surface area (Å²) in [5.41, 5.74) is 0. The summed E-state index contributed by atoms with van der Waals surface area (Å²) in [7, 11) is 0. The lowest BCUT2D eigenvalue weighted by Crippen LogP contribution is -3.07. The molecule has 0 aliphatic carbocycles. The summed E-state index contributed by atoms with van der Waals surface area (Å²) < 4.78 is 0. The number of carboxylic acid groups (broad SMARTS) is 2. The molecule has 0 saturated carbocycles. The van der Waals surface area contributed by atoms with Gasteiger partial charge in [-0.1, -0.05) is 0 Å². The molecule has 1 unspecified atom stereocenters. The van der Waals surface area contributed by atoms with E-state index >= 15 is 0 Å². The third-order valence-corrected chi connectivity index (χ3v) is 2.20. The quantitative estimate of drug-likeness (QED) is 0.506. The Kier molecular flexibility index (Phi) is 4.11. The van der Waals surface area contributed by atoms with E-state index in [0.717, 1.165) is 4.90 Å². The van der Waals surface area contributed by atoms with Gasteiger partial charge in [0.1, 0.15) is 6.20 Å². The summed E-state index contributed by atoms with van der Waals surface area (Å²) in [6.07, 6.45) is 3.92. The van der Waals surface area contributed by atoms with Crippen LogP contribution in [0.4, 0.5) is 0 Å². The molecule has 1 aliphatic rings. The van der Waals surface area contributed by atoms with Gasteiger partial charge in [0.05, 0.1) is 25.6 Å².